The first-order chi connectivity index (χ1) is 9.15. The fraction of sp³-hybridized carbons (Fsp3) is 0.250. The van der Waals surface area contributed by atoms with Gasteiger partial charge in [-0.1, -0.05) is 24.3 Å². The monoisotopic (exact) mass is 274 g/mol. The van der Waals surface area contributed by atoms with Crippen LogP contribution in [-0.4, -0.2) is 10.9 Å². The largest absolute Gasteiger partial charge is 0.388 e. The molecule has 0 aromatic heterocycles. The van der Waals surface area contributed by atoms with Crippen LogP contribution in [0, 0.1) is 12.7 Å². The van der Waals surface area contributed by atoms with Crippen LogP contribution >= 0.6 is 11.8 Å². The van der Waals surface area contributed by atoms with Gasteiger partial charge in [-0.15, -0.1) is 11.8 Å². The summed E-state index contributed by atoms with van der Waals surface area (Å²) in [5.41, 5.74) is 2.68. The number of fused-ring (bicyclic) bond motifs is 1. The average molecular weight is 274 g/mol. The molecule has 2 unspecified atom stereocenters. The van der Waals surface area contributed by atoms with E-state index in [9.17, 15) is 9.50 Å². The van der Waals surface area contributed by atoms with Crippen LogP contribution in [0.25, 0.3) is 0 Å². The number of rotatable bonds is 2. The van der Waals surface area contributed by atoms with Gasteiger partial charge in [-0.2, -0.15) is 0 Å². The van der Waals surface area contributed by atoms with Gasteiger partial charge in [0.05, 0.1) is 6.10 Å². The van der Waals surface area contributed by atoms with Crippen molar-refractivity contribution in [1.29, 1.82) is 0 Å². The summed E-state index contributed by atoms with van der Waals surface area (Å²) >= 11 is 1.75. The first kappa shape index (κ1) is 12.7. The smallest absolute Gasteiger partial charge is 0.123 e. The normalized spacial score (nSPS) is 19.2. The van der Waals surface area contributed by atoms with Crippen LogP contribution in [0.4, 0.5) is 4.39 Å². The Labute approximate surface area is 116 Å². The van der Waals surface area contributed by atoms with Crippen molar-refractivity contribution in [3.05, 3.63) is 65.0 Å². The minimum absolute atomic E-state index is 0.0439. The molecule has 19 heavy (non-hydrogen) atoms. The van der Waals surface area contributed by atoms with Crippen molar-refractivity contribution < 1.29 is 9.50 Å². The van der Waals surface area contributed by atoms with Crippen molar-refractivity contribution in [3.8, 4) is 0 Å². The highest BCUT2D eigenvalue weighted by Gasteiger charge is 2.30. The standard InChI is InChI=1S/C16H15FOS/c1-10-6-11(8-12(17)7-10)16(18)14-9-19-15-5-3-2-4-13(14)15/h2-8,14,16,18H,9H2,1H3. The lowest BCUT2D eigenvalue weighted by molar-refractivity contribution is 0.153. The number of aliphatic hydroxyl groups is 1. The van der Waals surface area contributed by atoms with Crippen molar-refractivity contribution in [1.82, 2.24) is 0 Å². The number of thioether (sulfide) groups is 1. The van der Waals surface area contributed by atoms with E-state index in [1.54, 1.807) is 11.8 Å². The minimum atomic E-state index is -0.648. The second-order valence-electron chi connectivity index (χ2n) is 4.96. The maximum absolute atomic E-state index is 13.5. The number of aliphatic hydroxyl groups excluding tert-OH is 1. The van der Waals surface area contributed by atoms with E-state index in [0.29, 0.717) is 5.56 Å². The molecule has 1 N–H and O–H groups in total. The summed E-state index contributed by atoms with van der Waals surface area (Å²) in [6.07, 6.45) is -0.648. The Hall–Kier alpha value is -1.32. The van der Waals surface area contributed by atoms with Gasteiger partial charge >= 0.3 is 0 Å². The van der Waals surface area contributed by atoms with E-state index >= 15 is 0 Å². The molecule has 1 aliphatic rings. The van der Waals surface area contributed by atoms with Crippen molar-refractivity contribution in [2.24, 2.45) is 0 Å². The highest BCUT2D eigenvalue weighted by atomic mass is 32.2. The number of halogens is 1. The van der Waals surface area contributed by atoms with Crippen molar-refractivity contribution in [2.75, 3.05) is 5.75 Å². The van der Waals surface area contributed by atoms with E-state index in [1.807, 2.05) is 25.1 Å². The average Bonchev–Trinajstić information content (AvgIpc) is 2.80. The second kappa shape index (κ2) is 4.99. The van der Waals surface area contributed by atoms with E-state index in [1.165, 1.54) is 22.6 Å². The van der Waals surface area contributed by atoms with Crippen LogP contribution in [0.5, 0.6) is 0 Å². The summed E-state index contributed by atoms with van der Waals surface area (Å²) in [5.74, 6) is 0.603. The maximum atomic E-state index is 13.5. The summed E-state index contributed by atoms with van der Waals surface area (Å²) in [4.78, 5) is 1.22. The molecule has 0 bridgehead atoms. The zero-order valence-electron chi connectivity index (χ0n) is 10.6. The molecule has 0 saturated heterocycles. The molecule has 0 amide bonds. The van der Waals surface area contributed by atoms with E-state index in [2.05, 4.69) is 12.1 Å². The topological polar surface area (TPSA) is 20.2 Å². The number of aryl methyl sites for hydroxylation is 1. The third-order valence-corrected chi connectivity index (χ3v) is 4.73. The van der Waals surface area contributed by atoms with Crippen molar-refractivity contribution in [3.63, 3.8) is 0 Å². The molecule has 3 rings (SSSR count). The number of benzene rings is 2. The molecule has 1 nitrogen and oxygen atoms in total. The van der Waals surface area contributed by atoms with Crippen molar-refractivity contribution >= 4 is 11.8 Å². The first-order valence-electron chi connectivity index (χ1n) is 6.32. The zero-order valence-corrected chi connectivity index (χ0v) is 11.5. The van der Waals surface area contributed by atoms with Gasteiger partial charge in [0, 0.05) is 16.6 Å². The highest BCUT2D eigenvalue weighted by molar-refractivity contribution is 7.99. The fourth-order valence-electron chi connectivity index (χ4n) is 2.62. The van der Waals surface area contributed by atoms with Gasteiger partial charge in [-0.05, 0) is 41.8 Å². The van der Waals surface area contributed by atoms with Crippen molar-refractivity contribution in [2.45, 2.75) is 23.8 Å². The van der Waals surface area contributed by atoms with Gasteiger partial charge in [0.1, 0.15) is 5.82 Å². The predicted molar refractivity (Wildman–Crippen MR) is 76.0 cm³/mol. The molecule has 2 atom stereocenters. The summed E-state index contributed by atoms with van der Waals surface area (Å²) in [6.45, 7) is 1.84. The van der Waals surface area contributed by atoms with Crippen LogP contribution in [0.15, 0.2) is 47.4 Å². The molecule has 1 aliphatic heterocycles. The van der Waals surface area contributed by atoms with Gasteiger partial charge in [-0.3, -0.25) is 0 Å². The van der Waals surface area contributed by atoms with E-state index in [4.69, 9.17) is 0 Å². The molecule has 3 heteroatoms. The summed E-state index contributed by atoms with van der Waals surface area (Å²) in [5, 5.41) is 10.5. The lowest BCUT2D eigenvalue weighted by Crippen LogP contribution is -2.11. The molecule has 98 valence electrons. The predicted octanol–water partition coefficient (Wildman–Crippen LogP) is 4.06. The maximum Gasteiger partial charge on any atom is 0.123 e. The quantitative estimate of drug-likeness (QED) is 0.891. The summed E-state index contributed by atoms with van der Waals surface area (Å²) < 4.78 is 13.5. The molecule has 0 spiro atoms. The van der Waals surface area contributed by atoms with Crippen LogP contribution < -0.4 is 0 Å². The molecule has 0 radical (unpaired) electrons. The van der Waals surface area contributed by atoms with Gasteiger partial charge in [0.2, 0.25) is 0 Å². The van der Waals surface area contributed by atoms with Gasteiger partial charge in [0.25, 0.3) is 0 Å². The third kappa shape index (κ3) is 2.40. The fourth-order valence-corrected chi connectivity index (χ4v) is 3.90. The molecule has 1 heterocycles. The van der Waals surface area contributed by atoms with E-state index < -0.39 is 6.10 Å². The molecular formula is C16H15FOS. The molecule has 0 saturated carbocycles. The first-order valence-corrected chi connectivity index (χ1v) is 7.30. The van der Waals surface area contributed by atoms with E-state index in [-0.39, 0.29) is 11.7 Å². The minimum Gasteiger partial charge on any atom is -0.388 e. The molecule has 2 aromatic carbocycles. The Morgan fingerprint density at radius 3 is 2.84 bits per heavy atom. The molecule has 2 aromatic rings. The van der Waals surface area contributed by atoms with E-state index in [0.717, 1.165) is 11.3 Å². The SMILES string of the molecule is Cc1cc(F)cc(C(O)C2CSc3ccccc32)c1. The van der Waals surface area contributed by atoms with Gasteiger partial charge < -0.3 is 5.11 Å². The summed E-state index contributed by atoms with van der Waals surface area (Å²) in [6, 6.07) is 12.9. The number of hydrogen-bond acceptors (Lipinski definition) is 2. The molecule has 0 fully saturated rings. The van der Waals surface area contributed by atoms with Crippen LogP contribution in [0.2, 0.25) is 0 Å². The number of hydrogen-bond donors (Lipinski definition) is 1. The Morgan fingerprint density at radius 2 is 2.05 bits per heavy atom. The highest BCUT2D eigenvalue weighted by Crippen LogP contribution is 2.45. The zero-order chi connectivity index (χ0) is 13.4. The second-order valence-corrected chi connectivity index (χ2v) is 6.02. The van der Waals surface area contributed by atoms with Crippen LogP contribution in [0.1, 0.15) is 28.7 Å². The van der Waals surface area contributed by atoms with Crippen LogP contribution in [0.3, 0.4) is 0 Å². The van der Waals surface area contributed by atoms with Gasteiger partial charge in [-0.25, -0.2) is 4.39 Å². The Morgan fingerprint density at radius 1 is 1.26 bits per heavy atom. The Bertz CT molecular complexity index is 591. The van der Waals surface area contributed by atoms with Gasteiger partial charge in [0.15, 0.2) is 0 Å². The Kier molecular flexibility index (Phi) is 3.33. The Balaban J connectivity index is 1.95. The van der Waals surface area contributed by atoms with Crippen LogP contribution in [-0.2, 0) is 0 Å². The molecule has 0 aliphatic carbocycles. The molecular weight excluding hydrogens is 259 g/mol. The third-order valence-electron chi connectivity index (χ3n) is 3.52. The lowest BCUT2D eigenvalue weighted by Gasteiger charge is -2.19. The lowest BCUT2D eigenvalue weighted by atomic mass is 9.90. The summed E-state index contributed by atoms with van der Waals surface area (Å²) in [7, 11) is 0.